The second kappa shape index (κ2) is 24.8. The number of hydrogen-bond donors (Lipinski definition) is 8. The molecule has 352 valence electrons. The van der Waals surface area contributed by atoms with Crippen LogP contribution in [0.2, 0.25) is 0 Å². The lowest BCUT2D eigenvalue weighted by molar-refractivity contribution is -0.140. The van der Waals surface area contributed by atoms with Crippen molar-refractivity contribution in [3.05, 3.63) is 128 Å². The Morgan fingerprint density at radius 3 is 1.27 bits per heavy atom. The van der Waals surface area contributed by atoms with Gasteiger partial charge in [-0.1, -0.05) is 59.9 Å². The van der Waals surface area contributed by atoms with Crippen LogP contribution in [-0.2, 0) is 41.0 Å². The summed E-state index contributed by atoms with van der Waals surface area (Å²) in [6.45, 7) is 6.25. The van der Waals surface area contributed by atoms with E-state index in [0.717, 1.165) is 35.7 Å². The quantitative estimate of drug-likeness (QED) is 0.0350. The Bertz CT molecular complexity index is 2300. The van der Waals surface area contributed by atoms with E-state index in [2.05, 4.69) is 10.6 Å². The van der Waals surface area contributed by atoms with Crippen LogP contribution < -0.4 is 22.1 Å². The fourth-order valence-electron chi connectivity index (χ4n) is 6.29. The number of rotatable bonds is 12. The second-order valence-electron chi connectivity index (χ2n) is 13.1. The number of nitriles is 2. The van der Waals surface area contributed by atoms with Crippen molar-refractivity contribution < 1.29 is 65.2 Å². The van der Waals surface area contributed by atoms with Crippen molar-refractivity contribution in [1.82, 2.24) is 10.6 Å². The predicted octanol–water partition coefficient (Wildman–Crippen LogP) is 6.98. The number of amidine groups is 2. The van der Waals surface area contributed by atoms with Crippen molar-refractivity contribution in [3.8, 4) is 12.1 Å². The van der Waals surface area contributed by atoms with Crippen LogP contribution in [0.15, 0.2) is 106 Å². The summed E-state index contributed by atoms with van der Waals surface area (Å²) < 4.78 is 92.1. The van der Waals surface area contributed by atoms with Gasteiger partial charge in [0.15, 0.2) is 10.3 Å². The van der Waals surface area contributed by atoms with E-state index in [1.807, 2.05) is 12.1 Å². The number of nitrogens with two attached hydrogens (primary N) is 2. The van der Waals surface area contributed by atoms with Crippen LogP contribution in [0.5, 0.6) is 0 Å². The highest BCUT2D eigenvalue weighted by Crippen LogP contribution is 2.46. The van der Waals surface area contributed by atoms with Crippen molar-refractivity contribution in [3.63, 3.8) is 0 Å². The molecular weight excluding hydrogens is 923 g/mol. The van der Waals surface area contributed by atoms with E-state index in [1.54, 1.807) is 27.7 Å². The van der Waals surface area contributed by atoms with Crippen LogP contribution in [0.3, 0.4) is 0 Å². The summed E-state index contributed by atoms with van der Waals surface area (Å²) in [7, 11) is 0. The number of thioether (sulfide) groups is 2. The smallest absolute Gasteiger partial charge is 0.416 e. The molecule has 24 heteroatoms. The zero-order chi connectivity index (χ0) is 50.1. The molecule has 2 aliphatic rings. The van der Waals surface area contributed by atoms with E-state index in [4.69, 9.17) is 42.0 Å². The summed E-state index contributed by atoms with van der Waals surface area (Å²) >= 11 is 1.80. The standard InChI is InChI=1S/2C19H19F3N4O2S.C4H4O4/c2*1-3-28-17(27)16-14(9-29-18(24)25)26-10(2)12(8-23)15(16)11-6-4-5-7-13(11)19(20,21)22;5-3(6)1-2-4(7)8/h2*4-7,15,26H,3,9H2,1-2H3,(H3,24,25);1-2H,(H,5,6)(H,7,8)/b;;2-1+. The first-order valence-electron chi connectivity index (χ1n) is 18.8. The molecule has 0 aromatic heterocycles. The van der Waals surface area contributed by atoms with Gasteiger partial charge in [-0.3, -0.25) is 10.8 Å². The third-order valence-corrected chi connectivity index (χ3v) is 10.3. The van der Waals surface area contributed by atoms with Gasteiger partial charge in [0.1, 0.15) is 0 Å². The van der Waals surface area contributed by atoms with Gasteiger partial charge in [0.25, 0.3) is 0 Å². The summed E-state index contributed by atoms with van der Waals surface area (Å²) in [6, 6.07) is 13.5. The van der Waals surface area contributed by atoms with Crippen LogP contribution in [0.1, 0.15) is 61.8 Å². The van der Waals surface area contributed by atoms with Gasteiger partial charge in [-0.05, 0) is 51.0 Å². The molecule has 0 saturated carbocycles. The average Bonchev–Trinajstić information content (AvgIpc) is 3.23. The Morgan fingerprint density at radius 2 is 1.02 bits per heavy atom. The molecule has 4 rings (SSSR count). The highest BCUT2D eigenvalue weighted by atomic mass is 32.2. The van der Waals surface area contributed by atoms with Crippen molar-refractivity contribution in [2.75, 3.05) is 24.7 Å². The predicted molar refractivity (Wildman–Crippen MR) is 232 cm³/mol. The molecule has 66 heavy (non-hydrogen) atoms. The number of carbonyl (C=O) groups excluding carboxylic acids is 2. The minimum Gasteiger partial charge on any atom is -0.478 e. The number of allylic oxidation sites excluding steroid dienone is 4. The highest BCUT2D eigenvalue weighted by molar-refractivity contribution is 8.14. The summed E-state index contributed by atoms with van der Waals surface area (Å²) in [5.41, 5.74) is 9.36. The van der Waals surface area contributed by atoms with E-state index in [-0.39, 0.29) is 79.9 Å². The molecule has 0 amide bonds. The number of nitrogens with zero attached hydrogens (tertiary/aromatic N) is 2. The lowest BCUT2D eigenvalue weighted by atomic mass is 9.79. The molecule has 16 nitrogen and oxygen atoms in total. The molecule has 2 aliphatic heterocycles. The number of aliphatic carboxylic acids is 2. The van der Waals surface area contributed by atoms with E-state index in [1.165, 1.54) is 36.4 Å². The number of halogens is 6. The van der Waals surface area contributed by atoms with Crippen LogP contribution in [0.4, 0.5) is 26.3 Å². The van der Waals surface area contributed by atoms with Gasteiger partial charge in [-0.15, -0.1) is 0 Å². The van der Waals surface area contributed by atoms with Gasteiger partial charge in [-0.2, -0.15) is 36.9 Å². The van der Waals surface area contributed by atoms with Crippen LogP contribution in [-0.4, -0.2) is 69.1 Å². The molecule has 0 saturated heterocycles. The molecule has 0 spiro atoms. The van der Waals surface area contributed by atoms with E-state index in [9.17, 15) is 56.0 Å². The Hall–Kier alpha value is -7.18. The number of esters is 2. The minimum absolute atomic E-state index is 0.00762. The highest BCUT2D eigenvalue weighted by Gasteiger charge is 2.43. The summed E-state index contributed by atoms with van der Waals surface area (Å²) in [6.07, 6.45) is -8.24. The number of alkyl halides is 6. The first kappa shape index (κ1) is 55.0. The monoisotopic (exact) mass is 964 g/mol. The Labute approximate surface area is 382 Å². The normalized spacial score (nSPS) is 16.0. The maximum atomic E-state index is 13.7. The number of carboxylic acids is 2. The van der Waals surface area contributed by atoms with E-state index < -0.39 is 59.2 Å². The van der Waals surface area contributed by atoms with Gasteiger partial charge in [0, 0.05) is 46.4 Å². The third kappa shape index (κ3) is 15.2. The Balaban J connectivity index is 0.000000389. The topological polar surface area (TPSA) is 299 Å². The number of ether oxygens (including phenoxy) is 2. The van der Waals surface area contributed by atoms with Crippen LogP contribution in [0.25, 0.3) is 0 Å². The molecule has 0 bridgehead atoms. The Kier molecular flexibility index (Phi) is 20.6. The Morgan fingerprint density at radius 1 is 0.697 bits per heavy atom. The molecule has 2 aromatic rings. The molecular formula is C42H42F6N8O8S2. The molecule has 0 aliphatic carbocycles. The first-order chi connectivity index (χ1) is 30.8. The first-order valence-corrected chi connectivity index (χ1v) is 20.8. The van der Waals surface area contributed by atoms with Crippen molar-refractivity contribution in [2.24, 2.45) is 11.5 Å². The molecule has 0 fully saturated rings. The summed E-state index contributed by atoms with van der Waals surface area (Å²) in [5, 5.41) is 55.1. The molecule has 2 heterocycles. The summed E-state index contributed by atoms with van der Waals surface area (Å²) in [5.74, 6) is -6.64. The van der Waals surface area contributed by atoms with Gasteiger partial charge >= 0.3 is 36.2 Å². The number of carbonyl (C=O) groups is 4. The molecule has 0 radical (unpaired) electrons. The zero-order valence-corrected chi connectivity index (χ0v) is 36.9. The van der Waals surface area contributed by atoms with Crippen molar-refractivity contribution >= 4 is 57.7 Å². The maximum Gasteiger partial charge on any atom is 0.416 e. The van der Waals surface area contributed by atoms with Gasteiger partial charge in [0.2, 0.25) is 0 Å². The summed E-state index contributed by atoms with van der Waals surface area (Å²) in [4.78, 5) is 44.6. The van der Waals surface area contributed by atoms with Gasteiger partial charge in [-0.25, -0.2) is 19.2 Å². The molecule has 2 aromatic carbocycles. The van der Waals surface area contributed by atoms with E-state index in [0.29, 0.717) is 23.5 Å². The van der Waals surface area contributed by atoms with Crippen molar-refractivity contribution in [2.45, 2.75) is 51.9 Å². The number of carboxylic acid groups (broad SMARTS) is 2. The van der Waals surface area contributed by atoms with Crippen molar-refractivity contribution in [1.29, 1.82) is 21.3 Å². The molecule has 2 unspecified atom stereocenters. The lowest BCUT2D eigenvalue weighted by Crippen LogP contribution is -2.32. The van der Waals surface area contributed by atoms with Gasteiger partial charge in [0.05, 0.1) is 70.6 Å². The molecule has 10 N–H and O–H groups in total. The number of dihydropyridines is 2. The lowest BCUT2D eigenvalue weighted by Gasteiger charge is -2.31. The van der Waals surface area contributed by atoms with E-state index >= 15 is 0 Å². The van der Waals surface area contributed by atoms with Crippen LogP contribution >= 0.6 is 23.5 Å². The number of benzene rings is 2. The number of nitrogens with one attached hydrogen (secondary N) is 4. The fourth-order valence-corrected chi connectivity index (χ4v) is 7.35. The SMILES string of the molecule is CCOC(=O)C1=C(CSC(=N)N)NC(C)=C(C#N)C1c1ccccc1C(F)(F)F.CCOC(=O)C1=C(CSC(=N)N)NC(C)=C(C#N)C1c1ccccc1C(F)(F)F.O=C(O)/C=C/C(=O)O. The number of hydrogen-bond acceptors (Lipinski definition) is 14. The zero-order valence-electron chi connectivity index (χ0n) is 35.2. The van der Waals surface area contributed by atoms with Gasteiger partial charge < -0.3 is 41.8 Å². The largest absolute Gasteiger partial charge is 0.478 e. The third-order valence-electron chi connectivity index (χ3n) is 8.79. The average molecular weight is 965 g/mol. The molecule has 2 atom stereocenters. The minimum atomic E-state index is -4.68. The second-order valence-corrected chi connectivity index (χ2v) is 15.2. The maximum absolute atomic E-state index is 13.7. The fraction of sp³-hybridized carbons (Fsp3) is 0.286. The van der Waals surface area contributed by atoms with Crippen LogP contribution in [0, 0.1) is 33.5 Å².